The van der Waals surface area contributed by atoms with E-state index in [0.717, 1.165) is 36.8 Å². The van der Waals surface area contributed by atoms with Gasteiger partial charge in [-0.15, -0.1) is 0 Å². The summed E-state index contributed by atoms with van der Waals surface area (Å²) in [6, 6.07) is 16.3. The first-order valence-electron chi connectivity index (χ1n) is 12.3. The molecule has 3 aromatic rings. The zero-order valence-electron chi connectivity index (χ0n) is 20.0. The number of aromatic nitrogens is 1. The number of rotatable bonds is 7. The number of carbonyl (C=O) groups excluding carboxylic acids is 1. The molecule has 1 saturated heterocycles. The Balaban J connectivity index is 1.74. The fourth-order valence-electron chi connectivity index (χ4n) is 5.29. The topological polar surface area (TPSA) is 53.4 Å². The highest BCUT2D eigenvalue weighted by atomic mass is 19.1. The van der Waals surface area contributed by atoms with E-state index >= 15 is 4.39 Å². The van der Waals surface area contributed by atoms with E-state index in [4.69, 9.17) is 0 Å². The lowest BCUT2D eigenvalue weighted by molar-refractivity contribution is -0.0558. The predicted octanol–water partition coefficient (Wildman–Crippen LogP) is 5.99. The molecule has 4 rings (SSSR count). The van der Waals surface area contributed by atoms with Crippen LogP contribution < -0.4 is 0 Å². The van der Waals surface area contributed by atoms with Crippen molar-refractivity contribution in [1.82, 2.24) is 9.88 Å². The van der Waals surface area contributed by atoms with Crippen molar-refractivity contribution in [1.29, 1.82) is 0 Å². The number of likely N-dealkylation sites (tertiary alicyclic amines) is 1. The zero-order valence-corrected chi connectivity index (χ0v) is 20.0. The molecule has 34 heavy (non-hydrogen) atoms. The molecule has 1 aliphatic rings. The smallest absolute Gasteiger partial charge is 0.253 e. The van der Waals surface area contributed by atoms with Crippen molar-refractivity contribution < 1.29 is 14.3 Å². The monoisotopic (exact) mass is 460 g/mol. The highest BCUT2D eigenvalue weighted by Crippen LogP contribution is 2.44. The first-order chi connectivity index (χ1) is 16.5. The standard InChI is InChI=1S/C29H33FN2O2/c1-3-15-29(34,24-10-7-18-32(20-24)28(33)22-13-16-31-17-14-22)25-11-6-12-26(30)27(25)23-9-5-8-21(4-2)19-23/h5-6,8-9,11-14,16-17,19,24,34H,3-4,7,10,15,18,20H2,1-2H3. The third kappa shape index (κ3) is 4.76. The minimum absolute atomic E-state index is 0.0546. The molecular weight excluding hydrogens is 427 g/mol. The Bertz CT molecular complexity index is 1130. The van der Waals surface area contributed by atoms with E-state index in [1.165, 1.54) is 6.07 Å². The number of hydrogen-bond donors (Lipinski definition) is 1. The Labute approximate surface area is 201 Å². The summed E-state index contributed by atoms with van der Waals surface area (Å²) in [6.07, 6.45) is 6.91. The number of pyridine rings is 1. The summed E-state index contributed by atoms with van der Waals surface area (Å²) in [5, 5.41) is 12.3. The normalized spacial score (nSPS) is 17.9. The van der Waals surface area contributed by atoms with Gasteiger partial charge < -0.3 is 10.0 Å². The number of carbonyl (C=O) groups is 1. The number of benzene rings is 2. The van der Waals surface area contributed by atoms with Crippen molar-refractivity contribution in [3.05, 3.63) is 89.5 Å². The third-order valence-electron chi connectivity index (χ3n) is 7.05. The van der Waals surface area contributed by atoms with Gasteiger partial charge in [-0.1, -0.05) is 56.7 Å². The van der Waals surface area contributed by atoms with Crippen LogP contribution in [0.5, 0.6) is 0 Å². The molecule has 1 fully saturated rings. The second-order valence-electron chi connectivity index (χ2n) is 9.22. The van der Waals surface area contributed by atoms with Gasteiger partial charge in [0.15, 0.2) is 0 Å². The minimum Gasteiger partial charge on any atom is -0.385 e. The summed E-state index contributed by atoms with van der Waals surface area (Å²) in [5.41, 5.74) is 2.33. The van der Waals surface area contributed by atoms with Crippen LogP contribution in [0.2, 0.25) is 0 Å². The second-order valence-corrected chi connectivity index (χ2v) is 9.22. The first-order valence-corrected chi connectivity index (χ1v) is 12.3. The van der Waals surface area contributed by atoms with Crippen LogP contribution in [-0.4, -0.2) is 34.0 Å². The maximum atomic E-state index is 15.4. The molecule has 5 heteroatoms. The van der Waals surface area contributed by atoms with E-state index in [2.05, 4.69) is 11.9 Å². The van der Waals surface area contributed by atoms with E-state index in [1.807, 2.05) is 42.2 Å². The SMILES string of the molecule is CCCC(O)(c1cccc(F)c1-c1cccc(CC)c1)C1CCCN(C(=O)c2ccncc2)C1. The van der Waals surface area contributed by atoms with Crippen LogP contribution in [-0.2, 0) is 12.0 Å². The summed E-state index contributed by atoms with van der Waals surface area (Å²) in [4.78, 5) is 19.0. The number of halogens is 1. The fraction of sp³-hybridized carbons (Fsp3) is 0.379. The molecule has 2 unspecified atom stereocenters. The van der Waals surface area contributed by atoms with Gasteiger partial charge >= 0.3 is 0 Å². The van der Waals surface area contributed by atoms with Gasteiger partial charge in [0.2, 0.25) is 0 Å². The van der Waals surface area contributed by atoms with E-state index in [-0.39, 0.29) is 17.6 Å². The lowest BCUT2D eigenvalue weighted by atomic mass is 9.72. The highest BCUT2D eigenvalue weighted by molar-refractivity contribution is 5.94. The molecule has 2 aromatic carbocycles. The van der Waals surface area contributed by atoms with Gasteiger partial charge in [0, 0.05) is 42.5 Å². The van der Waals surface area contributed by atoms with Gasteiger partial charge in [0.1, 0.15) is 5.82 Å². The summed E-state index contributed by atoms with van der Waals surface area (Å²) >= 11 is 0. The maximum absolute atomic E-state index is 15.4. The Morgan fingerprint density at radius 1 is 1.15 bits per heavy atom. The molecule has 1 N–H and O–H groups in total. The molecule has 2 atom stereocenters. The van der Waals surface area contributed by atoms with Gasteiger partial charge in [-0.3, -0.25) is 9.78 Å². The van der Waals surface area contributed by atoms with Crippen LogP contribution in [0.3, 0.4) is 0 Å². The maximum Gasteiger partial charge on any atom is 0.253 e. The molecule has 0 aliphatic carbocycles. The fourth-order valence-corrected chi connectivity index (χ4v) is 5.29. The summed E-state index contributed by atoms with van der Waals surface area (Å²) in [5.74, 6) is -0.580. The van der Waals surface area contributed by atoms with Crippen molar-refractivity contribution in [2.24, 2.45) is 5.92 Å². The van der Waals surface area contributed by atoms with Crippen molar-refractivity contribution >= 4 is 5.91 Å². The largest absolute Gasteiger partial charge is 0.385 e. The Morgan fingerprint density at radius 2 is 1.91 bits per heavy atom. The summed E-state index contributed by atoms with van der Waals surface area (Å²) in [6.45, 7) is 5.19. The van der Waals surface area contributed by atoms with E-state index in [0.29, 0.717) is 36.2 Å². The van der Waals surface area contributed by atoms with Crippen molar-refractivity contribution in [2.45, 2.75) is 51.6 Å². The molecule has 2 heterocycles. The van der Waals surface area contributed by atoms with Crippen LogP contribution >= 0.6 is 0 Å². The van der Waals surface area contributed by atoms with E-state index < -0.39 is 5.60 Å². The van der Waals surface area contributed by atoms with Crippen molar-refractivity contribution in [2.75, 3.05) is 13.1 Å². The zero-order chi connectivity index (χ0) is 24.1. The first kappa shape index (κ1) is 24.1. The lowest BCUT2D eigenvalue weighted by Gasteiger charge is -2.43. The van der Waals surface area contributed by atoms with E-state index in [1.54, 1.807) is 30.6 Å². The number of aryl methyl sites for hydroxylation is 1. The molecule has 0 bridgehead atoms. The molecule has 1 aromatic heterocycles. The Kier molecular flexibility index (Phi) is 7.42. The lowest BCUT2D eigenvalue weighted by Crippen LogP contribution is -2.48. The predicted molar refractivity (Wildman–Crippen MR) is 133 cm³/mol. The van der Waals surface area contributed by atoms with Crippen LogP contribution in [0, 0.1) is 11.7 Å². The van der Waals surface area contributed by atoms with Gasteiger partial charge in [-0.2, -0.15) is 0 Å². The van der Waals surface area contributed by atoms with E-state index in [9.17, 15) is 9.90 Å². The molecule has 1 amide bonds. The van der Waals surface area contributed by atoms with Crippen molar-refractivity contribution in [3.8, 4) is 11.1 Å². The van der Waals surface area contributed by atoms with Gasteiger partial charge in [-0.25, -0.2) is 4.39 Å². The molecule has 0 radical (unpaired) electrons. The average molecular weight is 461 g/mol. The number of piperidine rings is 1. The number of hydrogen-bond acceptors (Lipinski definition) is 3. The highest BCUT2D eigenvalue weighted by Gasteiger charge is 2.42. The molecule has 1 aliphatic heterocycles. The molecule has 4 nitrogen and oxygen atoms in total. The van der Waals surface area contributed by atoms with Gasteiger partial charge in [-0.05, 0) is 60.6 Å². The van der Waals surface area contributed by atoms with Crippen LogP contribution in [0.1, 0.15) is 61.0 Å². The van der Waals surface area contributed by atoms with Crippen LogP contribution in [0.25, 0.3) is 11.1 Å². The Morgan fingerprint density at radius 3 is 2.65 bits per heavy atom. The minimum atomic E-state index is -1.24. The van der Waals surface area contributed by atoms with Gasteiger partial charge in [0.05, 0.1) is 5.60 Å². The van der Waals surface area contributed by atoms with Gasteiger partial charge in [0.25, 0.3) is 5.91 Å². The Hall–Kier alpha value is -3.05. The number of nitrogens with zero attached hydrogens (tertiary/aromatic N) is 2. The molecule has 178 valence electrons. The summed E-state index contributed by atoms with van der Waals surface area (Å²) in [7, 11) is 0. The molecular formula is C29H33FN2O2. The average Bonchev–Trinajstić information content (AvgIpc) is 2.88. The van der Waals surface area contributed by atoms with Crippen LogP contribution in [0.4, 0.5) is 4.39 Å². The third-order valence-corrected chi connectivity index (χ3v) is 7.05. The van der Waals surface area contributed by atoms with Crippen LogP contribution in [0.15, 0.2) is 67.0 Å². The van der Waals surface area contributed by atoms with Crippen molar-refractivity contribution in [3.63, 3.8) is 0 Å². The summed E-state index contributed by atoms with van der Waals surface area (Å²) < 4.78 is 15.4. The second kappa shape index (κ2) is 10.5. The molecule has 0 spiro atoms. The molecule has 0 saturated carbocycles. The quantitative estimate of drug-likeness (QED) is 0.471. The number of amides is 1. The number of aliphatic hydroxyl groups is 1.